The monoisotopic (exact) mass is 366 g/mol. The molecule has 0 N–H and O–H groups in total. The van der Waals surface area contributed by atoms with Crippen molar-refractivity contribution in [3.63, 3.8) is 0 Å². The van der Waals surface area contributed by atoms with E-state index < -0.39 is 0 Å². The minimum absolute atomic E-state index is 0. The molecule has 0 atom stereocenters. The molecular formula is BaOSiW. The summed E-state index contributed by atoms with van der Waals surface area (Å²) in [5, 5.41) is 0. The van der Waals surface area contributed by atoms with Crippen LogP contribution in [-0.2, 0) is 25.5 Å². The predicted octanol–water partition coefficient (Wildman–Crippen LogP) is -0.883. The van der Waals surface area contributed by atoms with Crippen LogP contribution in [0.3, 0.4) is 0 Å². The van der Waals surface area contributed by atoms with Crippen molar-refractivity contribution < 1.29 is 25.5 Å². The van der Waals surface area contributed by atoms with Gasteiger partial charge in [-0.2, -0.15) is 0 Å². The Morgan fingerprint density at radius 3 is 1.25 bits per heavy atom. The van der Waals surface area contributed by atoms with Gasteiger partial charge in [-0.15, -0.1) is 0 Å². The third-order valence-electron chi connectivity index (χ3n) is 0. The molecule has 18 valence electrons. The first kappa shape index (κ1) is 16.3. The minimum Gasteiger partial charge on any atom is -0.381 e. The zero-order chi connectivity index (χ0) is 2.00. The van der Waals surface area contributed by atoms with Gasteiger partial charge < -0.3 is 4.46 Å². The van der Waals surface area contributed by atoms with Gasteiger partial charge in [0.05, 0.1) is 0 Å². The molecular weight excluding hydrogens is 365 g/mol. The molecule has 0 aromatic rings. The summed E-state index contributed by atoms with van der Waals surface area (Å²) in [7, 11) is 1.72. The molecule has 0 amide bonds. The van der Waals surface area contributed by atoms with Crippen molar-refractivity contribution in [1.29, 1.82) is 0 Å². The van der Waals surface area contributed by atoms with Gasteiger partial charge in [-0.05, 0) is 0 Å². The number of rotatable bonds is 0. The predicted molar refractivity (Wildman–Crippen MR) is 12.2 cm³/mol. The zero-order valence-corrected chi connectivity index (χ0v) is 10.4. The van der Waals surface area contributed by atoms with Crippen LogP contribution in [0, 0.1) is 0 Å². The molecule has 4 heteroatoms. The van der Waals surface area contributed by atoms with Gasteiger partial charge >= 0.3 is 10.1 Å². The summed E-state index contributed by atoms with van der Waals surface area (Å²) in [4.78, 5) is 0. The van der Waals surface area contributed by atoms with Gasteiger partial charge in [0, 0.05) is 69.9 Å². The van der Waals surface area contributed by atoms with Gasteiger partial charge in [0.1, 0.15) is 0 Å². The first-order valence-corrected chi connectivity index (χ1v) is 0.612. The first-order valence-electron chi connectivity index (χ1n) is 0.204. The van der Waals surface area contributed by atoms with Crippen LogP contribution >= 0.6 is 0 Å². The van der Waals surface area contributed by atoms with Crippen molar-refractivity contribution in [1.82, 2.24) is 0 Å². The average Bonchev–Trinajstić information content (AvgIpc) is 1.00. The van der Waals surface area contributed by atoms with E-state index in [9.17, 15) is 0 Å². The summed E-state index contributed by atoms with van der Waals surface area (Å²) < 4.78 is 8.06. The summed E-state index contributed by atoms with van der Waals surface area (Å²) in [5.74, 6) is 0. The second-order valence-electron chi connectivity index (χ2n) is 0. The second kappa shape index (κ2) is 18.6. The van der Waals surface area contributed by atoms with Crippen molar-refractivity contribution in [2.24, 2.45) is 0 Å². The minimum atomic E-state index is 0. The fourth-order valence-corrected chi connectivity index (χ4v) is 0. The van der Waals surface area contributed by atoms with Crippen LogP contribution in [0.25, 0.3) is 0 Å². The molecule has 0 saturated heterocycles. The molecule has 0 unspecified atom stereocenters. The van der Waals surface area contributed by atoms with Gasteiger partial charge in [0.15, 0.2) is 0 Å². The summed E-state index contributed by atoms with van der Waals surface area (Å²) in [6.45, 7) is 0. The quantitative estimate of drug-likeness (QED) is 0.510. The van der Waals surface area contributed by atoms with Gasteiger partial charge in [0.2, 0.25) is 0 Å². The topological polar surface area (TPSA) is 17.1 Å². The Morgan fingerprint density at radius 1 is 1.25 bits per heavy atom. The van der Waals surface area contributed by atoms with Crippen LogP contribution in [0.5, 0.6) is 0 Å². The number of hydrogen-bond donors (Lipinski definition) is 0. The normalized spacial score (nSPS) is 1.00. The van der Waals surface area contributed by atoms with E-state index in [0.717, 1.165) is 0 Å². The molecule has 0 bridgehead atoms. The molecule has 0 aliphatic heterocycles. The SMILES string of the molecule is O=[Si].[Ba].[W]. The largest absolute Gasteiger partial charge is 0.381 e. The van der Waals surface area contributed by atoms with Crippen LogP contribution in [0.4, 0.5) is 0 Å². The molecule has 1 nitrogen and oxygen atoms in total. The molecule has 0 aromatic heterocycles. The maximum atomic E-state index is 8.06. The fourth-order valence-electron chi connectivity index (χ4n) is 0. The molecule has 4 heavy (non-hydrogen) atoms. The van der Waals surface area contributed by atoms with Gasteiger partial charge in [-0.3, -0.25) is 0 Å². The van der Waals surface area contributed by atoms with Gasteiger partial charge in [-0.25, -0.2) is 0 Å². The van der Waals surface area contributed by atoms with Crippen molar-refractivity contribution in [3.8, 4) is 0 Å². The zero-order valence-electron chi connectivity index (χ0n) is 2.02. The number of hydrogen-bond acceptors (Lipinski definition) is 1. The van der Waals surface area contributed by atoms with E-state index in [1.54, 1.807) is 10.1 Å². The third kappa shape index (κ3) is 8.86. The van der Waals surface area contributed by atoms with E-state index in [1.807, 2.05) is 0 Å². The Balaban J connectivity index is -0.00000000500. The maximum Gasteiger partial charge on any atom is 0.381 e. The second-order valence-corrected chi connectivity index (χ2v) is 0. The van der Waals surface area contributed by atoms with Gasteiger partial charge in [-0.1, -0.05) is 0 Å². The Labute approximate surface area is 82.7 Å². The first-order chi connectivity index (χ1) is 1.00. The summed E-state index contributed by atoms with van der Waals surface area (Å²) >= 11 is 0. The molecule has 0 rings (SSSR count). The van der Waals surface area contributed by atoms with E-state index >= 15 is 0 Å². The van der Waals surface area contributed by atoms with Crippen LogP contribution in [-0.4, -0.2) is 59.0 Å². The summed E-state index contributed by atoms with van der Waals surface area (Å²) in [6.07, 6.45) is 0. The van der Waals surface area contributed by atoms with Crippen LogP contribution in [0.1, 0.15) is 0 Å². The van der Waals surface area contributed by atoms with Crippen LogP contribution in [0.2, 0.25) is 0 Å². The van der Waals surface area contributed by atoms with Crippen molar-refractivity contribution in [2.45, 2.75) is 0 Å². The van der Waals surface area contributed by atoms with Crippen molar-refractivity contribution in [2.75, 3.05) is 0 Å². The smallest absolute Gasteiger partial charge is 0.381 e. The third-order valence-corrected chi connectivity index (χ3v) is 0. The van der Waals surface area contributed by atoms with E-state index in [1.165, 1.54) is 0 Å². The molecule has 0 spiro atoms. The molecule has 0 aliphatic carbocycles. The summed E-state index contributed by atoms with van der Waals surface area (Å²) in [5.41, 5.74) is 0. The van der Waals surface area contributed by atoms with E-state index in [2.05, 4.69) is 0 Å². The van der Waals surface area contributed by atoms with Crippen LogP contribution in [0.15, 0.2) is 0 Å². The molecule has 0 aromatic carbocycles. The van der Waals surface area contributed by atoms with E-state index in [0.29, 0.717) is 0 Å². The molecule has 0 saturated carbocycles. The van der Waals surface area contributed by atoms with Crippen molar-refractivity contribution >= 4 is 59.0 Å². The fraction of sp³-hybridized carbons (Fsp3) is 0. The van der Waals surface area contributed by atoms with Crippen LogP contribution < -0.4 is 0 Å². The molecule has 0 heterocycles. The Hall–Kier alpha value is 2.28. The Bertz CT molecular complexity index is 8.00. The van der Waals surface area contributed by atoms with Gasteiger partial charge in [0.25, 0.3) is 0 Å². The molecule has 0 aliphatic rings. The summed E-state index contributed by atoms with van der Waals surface area (Å²) in [6, 6.07) is 0. The Kier molecular flexibility index (Phi) is 75.8. The standard InChI is InChI=1S/Ba.OSi.W/c;1-2;. The Morgan fingerprint density at radius 2 is 1.25 bits per heavy atom. The molecule has 4 radical (unpaired) electrons. The average molecular weight is 365 g/mol. The van der Waals surface area contributed by atoms with Crippen molar-refractivity contribution in [3.05, 3.63) is 0 Å². The van der Waals surface area contributed by atoms with E-state index in [4.69, 9.17) is 4.46 Å². The van der Waals surface area contributed by atoms with E-state index in [-0.39, 0.29) is 69.9 Å². The maximum absolute atomic E-state index is 8.06. The molecule has 0 fully saturated rings.